The van der Waals surface area contributed by atoms with Gasteiger partial charge in [0.2, 0.25) is 0 Å². The molecule has 1 aliphatic carbocycles. The molecular formula is C18H21BrClN5O. The molecule has 2 aromatic rings. The number of piperidine rings is 1. The monoisotopic (exact) mass is 437 g/mol. The Kier molecular flexibility index (Phi) is 4.92. The van der Waals surface area contributed by atoms with Crippen LogP contribution in [0.3, 0.4) is 0 Å². The van der Waals surface area contributed by atoms with Crippen LogP contribution in [0.1, 0.15) is 43.5 Å². The van der Waals surface area contributed by atoms with Crippen LogP contribution < -0.4 is 4.90 Å². The Morgan fingerprint density at radius 3 is 2.88 bits per heavy atom. The molecular weight excluding hydrogens is 418 g/mol. The Balaban J connectivity index is 1.50. The lowest BCUT2D eigenvalue weighted by Crippen LogP contribution is -2.46. The highest BCUT2D eigenvalue weighted by Gasteiger charge is 2.33. The highest BCUT2D eigenvalue weighted by molar-refractivity contribution is 9.10. The maximum Gasteiger partial charge on any atom is 0.324 e. The number of amides is 2. The number of carbonyl (C=O) groups excluding carboxylic acids is 1. The standard InChI is InChI=1S/C18H21BrClN5O/c1-23(16-7-4-13(19)9-15(16)20)18(26)24-8-2-3-12(10-24)17-22-21-11-25(17)14-5-6-14/h4,7,9,11-12,14H,2-3,5-6,8,10H2,1H3/t12-/m0/s1. The molecule has 0 N–H and O–H groups in total. The van der Waals surface area contributed by atoms with Crippen LogP contribution in [0.25, 0.3) is 0 Å². The lowest BCUT2D eigenvalue weighted by molar-refractivity contribution is 0.185. The first kappa shape index (κ1) is 17.8. The third-order valence-electron chi connectivity index (χ3n) is 5.16. The van der Waals surface area contributed by atoms with E-state index in [4.69, 9.17) is 11.6 Å². The second kappa shape index (κ2) is 7.19. The minimum absolute atomic E-state index is 0.0311. The fourth-order valence-corrected chi connectivity index (χ4v) is 4.41. The zero-order valence-corrected chi connectivity index (χ0v) is 16.9. The molecule has 2 amide bonds. The number of benzene rings is 1. The summed E-state index contributed by atoms with van der Waals surface area (Å²) in [6, 6.07) is 6.07. The number of hydrogen-bond donors (Lipinski definition) is 0. The summed E-state index contributed by atoms with van der Waals surface area (Å²) in [5.41, 5.74) is 0.711. The van der Waals surface area contributed by atoms with Gasteiger partial charge in [-0.1, -0.05) is 27.5 Å². The predicted octanol–water partition coefficient (Wildman–Crippen LogP) is 4.46. The first-order valence-corrected chi connectivity index (χ1v) is 10.1. The molecule has 26 heavy (non-hydrogen) atoms. The molecule has 8 heteroatoms. The average molecular weight is 439 g/mol. The quantitative estimate of drug-likeness (QED) is 0.711. The summed E-state index contributed by atoms with van der Waals surface area (Å²) < 4.78 is 3.10. The molecule has 1 atom stereocenters. The highest BCUT2D eigenvalue weighted by atomic mass is 79.9. The molecule has 2 fully saturated rings. The summed E-state index contributed by atoms with van der Waals surface area (Å²) in [7, 11) is 1.77. The molecule has 2 aliphatic rings. The summed E-state index contributed by atoms with van der Waals surface area (Å²) in [6.07, 6.45) is 6.24. The number of likely N-dealkylation sites (tertiary alicyclic amines) is 1. The zero-order chi connectivity index (χ0) is 18.3. The first-order chi connectivity index (χ1) is 12.5. The third kappa shape index (κ3) is 3.47. The summed E-state index contributed by atoms with van der Waals surface area (Å²) >= 11 is 9.71. The van der Waals surface area contributed by atoms with Gasteiger partial charge in [-0.2, -0.15) is 0 Å². The van der Waals surface area contributed by atoms with E-state index in [1.165, 1.54) is 12.8 Å². The molecule has 0 spiro atoms. The van der Waals surface area contributed by atoms with Crippen molar-refractivity contribution in [1.82, 2.24) is 19.7 Å². The molecule has 0 unspecified atom stereocenters. The summed E-state index contributed by atoms with van der Waals surface area (Å²) in [5, 5.41) is 9.02. The van der Waals surface area contributed by atoms with Gasteiger partial charge in [0, 0.05) is 36.6 Å². The second-order valence-corrected chi connectivity index (χ2v) is 8.37. The topological polar surface area (TPSA) is 54.3 Å². The molecule has 1 aromatic carbocycles. The van der Waals surface area contributed by atoms with Gasteiger partial charge in [0.05, 0.1) is 10.7 Å². The van der Waals surface area contributed by atoms with E-state index in [2.05, 4.69) is 30.7 Å². The van der Waals surface area contributed by atoms with Gasteiger partial charge in [-0.05, 0) is 43.9 Å². The Hall–Kier alpha value is -1.60. The van der Waals surface area contributed by atoms with E-state index in [1.54, 1.807) is 18.0 Å². The molecule has 6 nitrogen and oxygen atoms in total. The van der Waals surface area contributed by atoms with Crippen molar-refractivity contribution in [2.45, 2.75) is 37.6 Å². The van der Waals surface area contributed by atoms with E-state index in [-0.39, 0.29) is 11.9 Å². The molecule has 4 rings (SSSR count). The van der Waals surface area contributed by atoms with Crippen molar-refractivity contribution in [2.24, 2.45) is 0 Å². The number of carbonyl (C=O) groups is 1. The van der Waals surface area contributed by atoms with E-state index in [0.717, 1.165) is 29.7 Å². The van der Waals surface area contributed by atoms with Crippen molar-refractivity contribution in [3.63, 3.8) is 0 Å². The smallest absolute Gasteiger partial charge is 0.324 e. The minimum Gasteiger partial charge on any atom is -0.324 e. The number of nitrogens with zero attached hydrogens (tertiary/aromatic N) is 5. The molecule has 0 bridgehead atoms. The van der Waals surface area contributed by atoms with Crippen LogP contribution in [0.4, 0.5) is 10.5 Å². The van der Waals surface area contributed by atoms with Gasteiger partial charge in [0.25, 0.3) is 0 Å². The van der Waals surface area contributed by atoms with Gasteiger partial charge in [0.15, 0.2) is 0 Å². The largest absolute Gasteiger partial charge is 0.324 e. The van der Waals surface area contributed by atoms with Crippen molar-refractivity contribution in [1.29, 1.82) is 0 Å². The van der Waals surface area contributed by atoms with Gasteiger partial charge in [-0.25, -0.2) is 4.79 Å². The molecule has 1 saturated carbocycles. The van der Waals surface area contributed by atoms with E-state index < -0.39 is 0 Å². The molecule has 138 valence electrons. The van der Waals surface area contributed by atoms with Gasteiger partial charge >= 0.3 is 6.03 Å². The highest BCUT2D eigenvalue weighted by Crippen LogP contribution is 2.38. The van der Waals surface area contributed by atoms with Crippen molar-refractivity contribution in [2.75, 3.05) is 25.0 Å². The lowest BCUT2D eigenvalue weighted by atomic mass is 9.97. The van der Waals surface area contributed by atoms with Crippen molar-refractivity contribution in [3.05, 3.63) is 39.8 Å². The summed E-state index contributed by atoms with van der Waals surface area (Å²) in [5.74, 6) is 1.26. The van der Waals surface area contributed by atoms with Crippen LogP contribution in [0.2, 0.25) is 5.02 Å². The molecule has 2 heterocycles. The molecule has 0 radical (unpaired) electrons. The van der Waals surface area contributed by atoms with E-state index in [0.29, 0.717) is 23.3 Å². The Bertz CT molecular complexity index is 822. The minimum atomic E-state index is -0.0311. The van der Waals surface area contributed by atoms with Gasteiger partial charge < -0.3 is 9.47 Å². The normalized spacial score (nSPS) is 20.3. The van der Waals surface area contributed by atoms with Crippen molar-refractivity contribution < 1.29 is 4.79 Å². The van der Waals surface area contributed by atoms with E-state index in [9.17, 15) is 4.79 Å². The number of anilines is 1. The zero-order valence-electron chi connectivity index (χ0n) is 14.6. The summed E-state index contributed by atoms with van der Waals surface area (Å²) in [6.45, 7) is 1.42. The van der Waals surface area contributed by atoms with Crippen LogP contribution in [-0.2, 0) is 0 Å². The van der Waals surface area contributed by atoms with Crippen LogP contribution in [0.5, 0.6) is 0 Å². The van der Waals surface area contributed by atoms with Crippen molar-refractivity contribution >= 4 is 39.2 Å². The third-order valence-corrected chi connectivity index (χ3v) is 5.95. The average Bonchev–Trinajstić information content (AvgIpc) is 3.37. The number of hydrogen-bond acceptors (Lipinski definition) is 3. The van der Waals surface area contributed by atoms with E-state index in [1.807, 2.05) is 23.4 Å². The fourth-order valence-electron chi connectivity index (χ4n) is 3.61. The van der Waals surface area contributed by atoms with Crippen molar-refractivity contribution in [3.8, 4) is 0 Å². The second-order valence-electron chi connectivity index (χ2n) is 7.05. The number of halogens is 2. The maximum atomic E-state index is 13.0. The Morgan fingerprint density at radius 2 is 2.15 bits per heavy atom. The van der Waals surface area contributed by atoms with Gasteiger partial charge in [-0.15, -0.1) is 10.2 Å². The SMILES string of the molecule is CN(C(=O)N1CCC[C@H](c2nncn2C2CC2)C1)c1ccc(Br)cc1Cl. The predicted molar refractivity (Wildman–Crippen MR) is 105 cm³/mol. The fraction of sp³-hybridized carbons (Fsp3) is 0.500. The molecule has 1 aliphatic heterocycles. The van der Waals surface area contributed by atoms with Crippen LogP contribution in [0.15, 0.2) is 29.0 Å². The molecule has 1 aromatic heterocycles. The van der Waals surface area contributed by atoms with Crippen LogP contribution in [0, 0.1) is 0 Å². The lowest BCUT2D eigenvalue weighted by Gasteiger charge is -2.35. The van der Waals surface area contributed by atoms with Crippen LogP contribution in [-0.4, -0.2) is 45.8 Å². The van der Waals surface area contributed by atoms with Crippen LogP contribution >= 0.6 is 27.5 Å². The number of aromatic nitrogens is 3. The first-order valence-electron chi connectivity index (χ1n) is 8.91. The summed E-state index contributed by atoms with van der Waals surface area (Å²) in [4.78, 5) is 16.5. The maximum absolute atomic E-state index is 13.0. The number of rotatable bonds is 3. The van der Waals surface area contributed by atoms with Gasteiger partial charge in [-0.3, -0.25) is 4.90 Å². The van der Waals surface area contributed by atoms with Gasteiger partial charge in [0.1, 0.15) is 12.2 Å². The number of urea groups is 1. The van der Waals surface area contributed by atoms with E-state index >= 15 is 0 Å². The Morgan fingerprint density at radius 1 is 1.35 bits per heavy atom. The molecule has 1 saturated heterocycles. The Labute approximate surface area is 166 Å².